The van der Waals surface area contributed by atoms with Gasteiger partial charge in [-0.1, -0.05) is 0 Å². The van der Waals surface area contributed by atoms with E-state index in [1.54, 1.807) is 0 Å². The lowest BCUT2D eigenvalue weighted by Gasteiger charge is -2.35. The van der Waals surface area contributed by atoms with E-state index in [0.717, 1.165) is 19.4 Å². The molecule has 3 atom stereocenters. The molecule has 1 N–H and O–H groups in total. The molecule has 1 saturated carbocycles. The lowest BCUT2D eigenvalue weighted by molar-refractivity contribution is 0.0179. The maximum Gasteiger partial charge on any atom is 0.410 e. The monoisotopic (exact) mass is 348 g/mol. The third-order valence-electron chi connectivity index (χ3n) is 4.49. The topological polar surface area (TPSA) is 93.7 Å². The summed E-state index contributed by atoms with van der Waals surface area (Å²) in [5, 5.41) is 3.33. The van der Waals surface area contributed by atoms with Gasteiger partial charge in [-0.05, 0) is 39.5 Å². The Kier molecular flexibility index (Phi) is 4.53. The van der Waals surface area contributed by atoms with Crippen molar-refractivity contribution >= 4 is 17.9 Å². The minimum Gasteiger partial charge on any atom is -0.464 e. The summed E-state index contributed by atoms with van der Waals surface area (Å²) in [7, 11) is 1.30. The van der Waals surface area contributed by atoms with Crippen LogP contribution in [0.5, 0.6) is 0 Å². The van der Waals surface area contributed by atoms with Gasteiger partial charge in [-0.3, -0.25) is 0 Å². The molecule has 2 bridgehead atoms. The maximum absolute atomic E-state index is 12.4. The highest BCUT2D eigenvalue weighted by molar-refractivity contribution is 5.86. The number of methoxy groups -OCH3 is 1. The number of carbonyl (C=O) groups is 2. The molecule has 3 rings (SSSR count). The van der Waals surface area contributed by atoms with Gasteiger partial charge in [0.1, 0.15) is 11.4 Å². The fourth-order valence-corrected chi connectivity index (χ4v) is 3.51. The van der Waals surface area contributed by atoms with Crippen molar-refractivity contribution in [2.45, 2.75) is 51.3 Å². The molecule has 2 fully saturated rings. The summed E-state index contributed by atoms with van der Waals surface area (Å²) in [6, 6.07) is 0.187. The Labute approximate surface area is 146 Å². The largest absolute Gasteiger partial charge is 0.464 e. The molecular weight excluding hydrogens is 324 g/mol. The van der Waals surface area contributed by atoms with Crippen molar-refractivity contribution in [1.82, 2.24) is 14.9 Å². The van der Waals surface area contributed by atoms with Gasteiger partial charge in [0, 0.05) is 12.6 Å². The fraction of sp³-hybridized carbons (Fsp3) is 0.647. The maximum atomic E-state index is 12.4. The third-order valence-corrected chi connectivity index (χ3v) is 4.49. The fourth-order valence-electron chi connectivity index (χ4n) is 3.51. The van der Waals surface area contributed by atoms with Gasteiger partial charge in [-0.15, -0.1) is 0 Å². The number of aromatic nitrogens is 2. The quantitative estimate of drug-likeness (QED) is 0.836. The highest BCUT2D eigenvalue weighted by Crippen LogP contribution is 2.39. The normalized spacial score (nSPS) is 25.0. The average molecular weight is 348 g/mol. The zero-order valence-corrected chi connectivity index (χ0v) is 15.0. The van der Waals surface area contributed by atoms with E-state index >= 15 is 0 Å². The van der Waals surface area contributed by atoms with Gasteiger partial charge in [0.25, 0.3) is 0 Å². The molecule has 1 saturated heterocycles. The number of rotatable bonds is 3. The van der Waals surface area contributed by atoms with Gasteiger partial charge in [0.2, 0.25) is 0 Å². The smallest absolute Gasteiger partial charge is 0.410 e. The van der Waals surface area contributed by atoms with E-state index in [1.807, 2.05) is 25.7 Å². The van der Waals surface area contributed by atoms with Crippen LogP contribution in [0, 0.1) is 5.92 Å². The summed E-state index contributed by atoms with van der Waals surface area (Å²) in [6.07, 6.45) is 4.57. The van der Waals surface area contributed by atoms with Crippen molar-refractivity contribution in [3.63, 3.8) is 0 Å². The zero-order chi connectivity index (χ0) is 18.2. The number of esters is 1. The Morgan fingerprint density at radius 2 is 2.00 bits per heavy atom. The van der Waals surface area contributed by atoms with Crippen LogP contribution in [0.4, 0.5) is 10.6 Å². The van der Waals surface area contributed by atoms with Crippen molar-refractivity contribution in [1.29, 1.82) is 0 Å². The summed E-state index contributed by atoms with van der Waals surface area (Å²) in [6.45, 7) is 6.35. The molecule has 2 heterocycles. The third kappa shape index (κ3) is 3.83. The van der Waals surface area contributed by atoms with E-state index in [4.69, 9.17) is 4.74 Å². The van der Waals surface area contributed by atoms with Crippen LogP contribution in [0.1, 0.15) is 44.1 Å². The number of nitrogens with zero attached hydrogens (tertiary/aromatic N) is 3. The van der Waals surface area contributed by atoms with Crippen LogP contribution >= 0.6 is 0 Å². The van der Waals surface area contributed by atoms with Gasteiger partial charge in [0.15, 0.2) is 5.69 Å². The Morgan fingerprint density at radius 1 is 1.24 bits per heavy atom. The molecule has 0 radical (unpaired) electrons. The van der Waals surface area contributed by atoms with Crippen LogP contribution in [-0.4, -0.2) is 58.3 Å². The predicted molar refractivity (Wildman–Crippen MR) is 90.2 cm³/mol. The average Bonchev–Trinajstić information content (AvgIpc) is 3.13. The van der Waals surface area contributed by atoms with Crippen LogP contribution < -0.4 is 5.32 Å². The van der Waals surface area contributed by atoms with Gasteiger partial charge in [-0.2, -0.15) is 0 Å². The van der Waals surface area contributed by atoms with Crippen LogP contribution in [-0.2, 0) is 9.47 Å². The second kappa shape index (κ2) is 6.50. The van der Waals surface area contributed by atoms with Crippen molar-refractivity contribution in [3.8, 4) is 0 Å². The number of hydrogen-bond donors (Lipinski definition) is 1. The van der Waals surface area contributed by atoms with Crippen molar-refractivity contribution in [3.05, 3.63) is 18.1 Å². The molecule has 2 aliphatic rings. The highest BCUT2D eigenvalue weighted by Gasteiger charge is 2.48. The first kappa shape index (κ1) is 17.4. The van der Waals surface area contributed by atoms with E-state index in [0.29, 0.717) is 11.7 Å². The molecule has 136 valence electrons. The summed E-state index contributed by atoms with van der Waals surface area (Å²) >= 11 is 0. The van der Waals surface area contributed by atoms with Crippen LogP contribution in [0.15, 0.2) is 12.4 Å². The van der Waals surface area contributed by atoms with Gasteiger partial charge < -0.3 is 19.7 Å². The summed E-state index contributed by atoms with van der Waals surface area (Å²) in [5.41, 5.74) is -0.340. The van der Waals surface area contributed by atoms with Crippen LogP contribution in [0.2, 0.25) is 0 Å². The Balaban J connectivity index is 1.64. The molecule has 1 amide bonds. The molecule has 0 spiro atoms. The van der Waals surface area contributed by atoms with Gasteiger partial charge >= 0.3 is 12.1 Å². The van der Waals surface area contributed by atoms with Crippen molar-refractivity contribution < 1.29 is 19.1 Å². The zero-order valence-electron chi connectivity index (χ0n) is 15.0. The first-order valence-corrected chi connectivity index (χ1v) is 8.43. The van der Waals surface area contributed by atoms with E-state index in [-0.39, 0.29) is 23.9 Å². The number of nitrogens with one attached hydrogen (secondary N) is 1. The van der Waals surface area contributed by atoms with Gasteiger partial charge in [-0.25, -0.2) is 19.6 Å². The molecule has 8 nitrogen and oxygen atoms in total. The number of ether oxygens (including phenoxy) is 2. The summed E-state index contributed by atoms with van der Waals surface area (Å²) in [4.78, 5) is 33.9. The van der Waals surface area contributed by atoms with Crippen LogP contribution in [0.3, 0.4) is 0 Å². The molecule has 1 aliphatic carbocycles. The van der Waals surface area contributed by atoms with Crippen molar-refractivity contribution in [2.24, 2.45) is 5.92 Å². The molecule has 1 aromatic heterocycles. The summed E-state index contributed by atoms with van der Waals surface area (Å²) in [5.74, 6) is 0.529. The number of amides is 1. The Bertz CT molecular complexity index is 656. The standard InChI is InChI=1S/C17H24N4O4/c1-17(2,3)25-16(23)21-9-10-5-11(13(21)6-10)20-14-8-18-12(7-19-14)15(22)24-4/h7-8,10-11,13H,5-6,9H2,1-4H3,(H,19,20)/t10-,11+,13-/m0/s1. The second-order valence-electron chi connectivity index (χ2n) is 7.57. The minimum absolute atomic E-state index is 0.0851. The molecule has 25 heavy (non-hydrogen) atoms. The number of anilines is 1. The number of likely N-dealkylation sites (tertiary alicyclic amines) is 1. The molecule has 1 aliphatic heterocycles. The number of piperidine rings is 1. The first-order chi connectivity index (χ1) is 11.8. The molecule has 0 aromatic carbocycles. The molecule has 1 aromatic rings. The lowest BCUT2D eigenvalue weighted by Crippen LogP contribution is -2.49. The van der Waals surface area contributed by atoms with E-state index in [2.05, 4.69) is 20.0 Å². The van der Waals surface area contributed by atoms with Crippen molar-refractivity contribution in [2.75, 3.05) is 19.0 Å². The van der Waals surface area contributed by atoms with Crippen LogP contribution in [0.25, 0.3) is 0 Å². The van der Waals surface area contributed by atoms with Gasteiger partial charge in [0.05, 0.1) is 25.5 Å². The number of fused-ring (bicyclic) bond motifs is 2. The molecule has 8 heteroatoms. The Morgan fingerprint density at radius 3 is 2.56 bits per heavy atom. The second-order valence-corrected chi connectivity index (χ2v) is 7.57. The SMILES string of the molecule is COC(=O)c1cnc(N[C@@H]2C[C@H]3C[C@@H]2N(C(=O)OC(C)(C)C)C3)cn1. The number of hydrogen-bond acceptors (Lipinski definition) is 7. The minimum atomic E-state index is -0.518. The predicted octanol–water partition coefficient (Wildman–Crippen LogP) is 2.07. The molecule has 0 unspecified atom stereocenters. The molecular formula is C17H24N4O4. The van der Waals surface area contributed by atoms with E-state index < -0.39 is 11.6 Å². The first-order valence-electron chi connectivity index (χ1n) is 8.43. The number of carbonyl (C=O) groups excluding carboxylic acids is 2. The highest BCUT2D eigenvalue weighted by atomic mass is 16.6. The summed E-state index contributed by atoms with van der Waals surface area (Å²) < 4.78 is 10.1. The van der Waals surface area contributed by atoms with E-state index in [9.17, 15) is 9.59 Å². The lowest BCUT2D eigenvalue weighted by atomic mass is 10.1. The Hall–Kier alpha value is -2.38. The van der Waals surface area contributed by atoms with E-state index in [1.165, 1.54) is 19.5 Å².